The van der Waals surface area contributed by atoms with Gasteiger partial charge in [-0.25, -0.2) is 4.98 Å². The molecule has 154 valence electrons. The van der Waals surface area contributed by atoms with Gasteiger partial charge in [-0.15, -0.1) is 24.8 Å². The van der Waals surface area contributed by atoms with Crippen LogP contribution in [0.15, 0.2) is 24.4 Å². The van der Waals surface area contributed by atoms with Crippen LogP contribution in [0.4, 0.5) is 30.6 Å². The summed E-state index contributed by atoms with van der Waals surface area (Å²) in [5.41, 5.74) is 2.49. The van der Waals surface area contributed by atoms with Crippen LogP contribution in [0, 0.1) is 0 Å². The largest absolute Gasteiger partial charge is 0.421 e. The molecule has 2 bridgehead atoms. The third-order valence-electron chi connectivity index (χ3n) is 4.88. The van der Waals surface area contributed by atoms with Crippen LogP contribution in [0.2, 0.25) is 0 Å². The second kappa shape index (κ2) is 8.71. The molecule has 2 aromatic rings. The van der Waals surface area contributed by atoms with E-state index < -0.39 is 11.7 Å². The first-order valence-corrected chi connectivity index (χ1v) is 8.80. The number of anilines is 3. The first-order valence-electron chi connectivity index (χ1n) is 8.80. The molecule has 0 spiro atoms. The van der Waals surface area contributed by atoms with E-state index in [-0.39, 0.29) is 36.6 Å². The lowest BCUT2D eigenvalue weighted by atomic mass is 9.91. The summed E-state index contributed by atoms with van der Waals surface area (Å²) in [6, 6.07) is 6.81. The molecule has 2 aliphatic rings. The Kier molecular flexibility index (Phi) is 7.01. The Bertz CT molecular complexity index is 831. The van der Waals surface area contributed by atoms with Crippen molar-refractivity contribution in [3.8, 4) is 0 Å². The molecule has 3 N–H and O–H groups in total. The van der Waals surface area contributed by atoms with Crippen LogP contribution in [0.25, 0.3) is 0 Å². The Labute approximate surface area is 173 Å². The molecule has 0 radical (unpaired) electrons. The number of nitrogens with one attached hydrogen (secondary N) is 3. The van der Waals surface area contributed by atoms with Crippen LogP contribution in [-0.4, -0.2) is 16.5 Å². The van der Waals surface area contributed by atoms with Crippen molar-refractivity contribution in [2.75, 3.05) is 17.2 Å². The second-order valence-electron chi connectivity index (χ2n) is 6.70. The van der Waals surface area contributed by atoms with E-state index in [1.807, 2.05) is 19.1 Å². The van der Waals surface area contributed by atoms with Crippen molar-refractivity contribution >= 4 is 42.3 Å². The van der Waals surface area contributed by atoms with Gasteiger partial charge in [0.1, 0.15) is 11.4 Å². The molecule has 5 nitrogen and oxygen atoms in total. The maximum absolute atomic E-state index is 13.1. The summed E-state index contributed by atoms with van der Waals surface area (Å²) < 4.78 is 39.4. The summed E-state index contributed by atoms with van der Waals surface area (Å²) >= 11 is 0. The number of aromatic nitrogens is 2. The molecule has 2 atom stereocenters. The highest BCUT2D eigenvalue weighted by atomic mass is 35.5. The predicted octanol–water partition coefficient (Wildman–Crippen LogP) is 5.38. The van der Waals surface area contributed by atoms with Crippen molar-refractivity contribution < 1.29 is 13.2 Å². The van der Waals surface area contributed by atoms with Gasteiger partial charge in [0, 0.05) is 30.5 Å². The van der Waals surface area contributed by atoms with Gasteiger partial charge >= 0.3 is 6.18 Å². The fraction of sp³-hybridized carbons (Fsp3) is 0.444. The van der Waals surface area contributed by atoms with E-state index in [0.717, 1.165) is 24.7 Å². The number of alkyl halides is 3. The molecule has 0 saturated carbocycles. The zero-order valence-electron chi connectivity index (χ0n) is 15.1. The highest BCUT2D eigenvalue weighted by Gasteiger charge is 2.36. The normalized spacial score (nSPS) is 19.4. The van der Waals surface area contributed by atoms with E-state index in [1.54, 1.807) is 0 Å². The van der Waals surface area contributed by atoms with Gasteiger partial charge in [-0.05, 0) is 42.5 Å². The van der Waals surface area contributed by atoms with E-state index >= 15 is 0 Å². The van der Waals surface area contributed by atoms with Crippen LogP contribution in [0.3, 0.4) is 0 Å². The molecule has 4 rings (SSSR count). The third kappa shape index (κ3) is 4.29. The number of hydrogen-bond acceptors (Lipinski definition) is 5. The molecule has 10 heteroatoms. The van der Waals surface area contributed by atoms with Crippen molar-refractivity contribution in [3.63, 3.8) is 0 Å². The van der Waals surface area contributed by atoms with Gasteiger partial charge < -0.3 is 16.0 Å². The molecule has 0 amide bonds. The number of nitrogens with zero attached hydrogens (tertiary/aromatic N) is 2. The molecule has 0 unspecified atom stereocenters. The molecule has 2 aliphatic heterocycles. The quantitative estimate of drug-likeness (QED) is 0.587. The molecular weight excluding hydrogens is 414 g/mol. The lowest BCUT2D eigenvalue weighted by Crippen LogP contribution is -2.15. The van der Waals surface area contributed by atoms with Crippen molar-refractivity contribution in [3.05, 3.63) is 41.1 Å². The SMILES string of the molecule is CCCNc1nc(Nc2ccc3c(c2)[C@H]2CC[C@@H]3N2)ncc1C(F)(F)F.Cl.Cl. The molecule has 28 heavy (non-hydrogen) atoms. The monoisotopic (exact) mass is 435 g/mol. The van der Waals surface area contributed by atoms with E-state index in [0.29, 0.717) is 25.0 Å². The minimum Gasteiger partial charge on any atom is -0.369 e. The lowest BCUT2D eigenvalue weighted by molar-refractivity contribution is -0.137. The van der Waals surface area contributed by atoms with Crippen molar-refractivity contribution in [1.29, 1.82) is 0 Å². The van der Waals surface area contributed by atoms with E-state index in [4.69, 9.17) is 0 Å². The van der Waals surface area contributed by atoms with Crippen molar-refractivity contribution in [2.24, 2.45) is 0 Å². The summed E-state index contributed by atoms with van der Waals surface area (Å²) in [7, 11) is 0. The van der Waals surface area contributed by atoms with Crippen molar-refractivity contribution in [2.45, 2.75) is 44.4 Å². The third-order valence-corrected chi connectivity index (χ3v) is 4.88. The Morgan fingerprint density at radius 1 is 1.14 bits per heavy atom. The standard InChI is InChI=1S/C18H20F3N5.2ClH/c1-2-7-22-16-13(18(19,20)21)9-23-17(26-16)24-10-3-4-11-12(8-10)15-6-5-14(11)25-15;;/h3-4,8-9,14-15,25H,2,5-7H2,1H3,(H2,22,23,24,26);2*1H/t14-,15+;;/m0../s1. The zero-order valence-corrected chi connectivity index (χ0v) is 16.8. The summed E-state index contributed by atoms with van der Waals surface area (Å²) in [4.78, 5) is 7.90. The van der Waals surface area contributed by atoms with Gasteiger partial charge in [0.15, 0.2) is 0 Å². The maximum Gasteiger partial charge on any atom is 0.421 e. The van der Waals surface area contributed by atoms with Crippen LogP contribution in [0.1, 0.15) is 55.0 Å². The van der Waals surface area contributed by atoms with Crippen LogP contribution < -0.4 is 16.0 Å². The van der Waals surface area contributed by atoms with E-state index in [9.17, 15) is 13.2 Å². The summed E-state index contributed by atoms with van der Waals surface area (Å²) in [5.74, 6) is -0.0496. The molecule has 1 fully saturated rings. The lowest BCUT2D eigenvalue weighted by Gasteiger charge is -2.16. The summed E-state index contributed by atoms with van der Waals surface area (Å²) in [6.45, 7) is 2.29. The first kappa shape index (κ1) is 22.5. The second-order valence-corrected chi connectivity index (χ2v) is 6.70. The van der Waals surface area contributed by atoms with E-state index in [2.05, 4.69) is 32.0 Å². The Hall–Kier alpha value is -1.77. The number of halogens is 5. The maximum atomic E-state index is 13.1. The van der Waals surface area contributed by atoms with Gasteiger partial charge in [-0.1, -0.05) is 13.0 Å². The molecule has 1 aromatic heterocycles. The molecular formula is C18H22Cl2F3N5. The minimum atomic E-state index is -4.49. The van der Waals surface area contributed by atoms with Gasteiger partial charge in [0.25, 0.3) is 0 Å². The fourth-order valence-corrected chi connectivity index (χ4v) is 3.66. The minimum absolute atomic E-state index is 0. The Morgan fingerprint density at radius 3 is 2.54 bits per heavy atom. The zero-order chi connectivity index (χ0) is 18.3. The van der Waals surface area contributed by atoms with Gasteiger partial charge in [0.2, 0.25) is 5.95 Å². The highest BCUT2D eigenvalue weighted by Crippen LogP contribution is 2.45. The smallest absolute Gasteiger partial charge is 0.369 e. The molecule has 3 heterocycles. The average molecular weight is 436 g/mol. The highest BCUT2D eigenvalue weighted by molar-refractivity contribution is 5.85. The molecule has 1 aromatic carbocycles. The molecule has 0 aliphatic carbocycles. The van der Waals surface area contributed by atoms with E-state index in [1.165, 1.54) is 11.1 Å². The Balaban J connectivity index is 0.00000140. The van der Waals surface area contributed by atoms with Crippen LogP contribution in [-0.2, 0) is 6.18 Å². The predicted molar refractivity (Wildman–Crippen MR) is 108 cm³/mol. The topological polar surface area (TPSA) is 61.9 Å². The number of benzene rings is 1. The number of hydrogen-bond donors (Lipinski definition) is 3. The average Bonchev–Trinajstić information content (AvgIpc) is 3.21. The fourth-order valence-electron chi connectivity index (χ4n) is 3.66. The summed E-state index contributed by atoms with van der Waals surface area (Å²) in [5, 5.41) is 9.32. The first-order chi connectivity index (χ1) is 12.5. The van der Waals surface area contributed by atoms with Gasteiger partial charge in [-0.2, -0.15) is 18.2 Å². The van der Waals surface area contributed by atoms with Gasteiger partial charge in [0.05, 0.1) is 0 Å². The molecule has 1 saturated heterocycles. The van der Waals surface area contributed by atoms with Crippen molar-refractivity contribution in [1.82, 2.24) is 15.3 Å². The Morgan fingerprint density at radius 2 is 1.86 bits per heavy atom. The number of rotatable bonds is 5. The summed E-state index contributed by atoms with van der Waals surface area (Å²) in [6.07, 6.45) is -0.705. The van der Waals surface area contributed by atoms with Crippen LogP contribution >= 0.6 is 24.8 Å². The van der Waals surface area contributed by atoms with Crippen LogP contribution in [0.5, 0.6) is 0 Å². The van der Waals surface area contributed by atoms with Gasteiger partial charge in [-0.3, -0.25) is 0 Å². The number of fused-ring (bicyclic) bond motifs is 5.